The minimum atomic E-state index is -1.03. The highest BCUT2D eigenvalue weighted by atomic mass is 35.5. The van der Waals surface area contributed by atoms with Gasteiger partial charge in [-0.05, 0) is 23.3 Å². The van der Waals surface area contributed by atoms with Crippen LogP contribution in [0, 0.1) is 0 Å². The van der Waals surface area contributed by atoms with Crippen molar-refractivity contribution in [3.05, 3.63) is 69.7 Å². The second kappa shape index (κ2) is 10.1. The average Bonchev–Trinajstić information content (AvgIpc) is 2.63. The van der Waals surface area contributed by atoms with E-state index >= 15 is 0 Å². The SMILES string of the molecule is CC(=O)N[C@@H](Cc1ccccc1)C(=O)N[C@H](Cc1c(Cl)cccc1Cl)C(N)=O. The fourth-order valence-corrected chi connectivity index (χ4v) is 3.28. The predicted molar refractivity (Wildman–Crippen MR) is 109 cm³/mol. The molecule has 3 amide bonds. The number of hydrogen-bond donors (Lipinski definition) is 3. The Morgan fingerprint density at radius 3 is 2.04 bits per heavy atom. The van der Waals surface area contributed by atoms with Gasteiger partial charge >= 0.3 is 0 Å². The summed E-state index contributed by atoms with van der Waals surface area (Å²) in [6.45, 7) is 1.32. The summed E-state index contributed by atoms with van der Waals surface area (Å²) >= 11 is 12.3. The molecule has 0 radical (unpaired) electrons. The normalized spacial score (nSPS) is 12.7. The lowest BCUT2D eigenvalue weighted by atomic mass is 10.0. The third-order valence-corrected chi connectivity index (χ3v) is 4.81. The van der Waals surface area contributed by atoms with Crippen LogP contribution < -0.4 is 16.4 Å². The van der Waals surface area contributed by atoms with Gasteiger partial charge in [-0.1, -0.05) is 59.6 Å². The van der Waals surface area contributed by atoms with E-state index in [0.29, 0.717) is 15.6 Å². The monoisotopic (exact) mass is 421 g/mol. The zero-order valence-corrected chi connectivity index (χ0v) is 16.8. The highest BCUT2D eigenvalue weighted by molar-refractivity contribution is 6.36. The Morgan fingerprint density at radius 2 is 1.50 bits per heavy atom. The van der Waals surface area contributed by atoms with Crippen LogP contribution in [0.1, 0.15) is 18.1 Å². The lowest BCUT2D eigenvalue weighted by Crippen LogP contribution is -2.54. The molecule has 0 aliphatic rings. The van der Waals surface area contributed by atoms with Gasteiger partial charge in [-0.15, -0.1) is 0 Å². The molecule has 148 valence electrons. The Balaban J connectivity index is 2.17. The topological polar surface area (TPSA) is 101 Å². The first-order valence-corrected chi connectivity index (χ1v) is 9.37. The summed E-state index contributed by atoms with van der Waals surface area (Å²) in [5.74, 6) is -1.61. The first-order chi connectivity index (χ1) is 13.3. The van der Waals surface area contributed by atoms with Crippen LogP contribution in [0.15, 0.2) is 48.5 Å². The fraction of sp³-hybridized carbons (Fsp3) is 0.250. The number of nitrogens with one attached hydrogen (secondary N) is 2. The number of hydrogen-bond acceptors (Lipinski definition) is 3. The van der Waals surface area contributed by atoms with Gasteiger partial charge in [0.2, 0.25) is 17.7 Å². The van der Waals surface area contributed by atoms with Gasteiger partial charge in [0, 0.05) is 29.8 Å². The highest BCUT2D eigenvalue weighted by Gasteiger charge is 2.26. The zero-order valence-electron chi connectivity index (χ0n) is 15.2. The zero-order chi connectivity index (χ0) is 20.7. The highest BCUT2D eigenvalue weighted by Crippen LogP contribution is 2.25. The van der Waals surface area contributed by atoms with E-state index in [0.717, 1.165) is 5.56 Å². The third kappa shape index (κ3) is 6.25. The van der Waals surface area contributed by atoms with Crippen LogP contribution in [0.25, 0.3) is 0 Å². The summed E-state index contributed by atoms with van der Waals surface area (Å²) in [4.78, 5) is 36.2. The summed E-state index contributed by atoms with van der Waals surface area (Å²) < 4.78 is 0. The van der Waals surface area contributed by atoms with Crippen LogP contribution >= 0.6 is 23.2 Å². The number of benzene rings is 2. The van der Waals surface area contributed by atoms with Gasteiger partial charge in [0.1, 0.15) is 12.1 Å². The number of primary amides is 1. The van der Waals surface area contributed by atoms with Gasteiger partial charge in [-0.3, -0.25) is 14.4 Å². The summed E-state index contributed by atoms with van der Waals surface area (Å²) in [5, 5.41) is 5.95. The quantitative estimate of drug-likeness (QED) is 0.608. The Morgan fingerprint density at radius 1 is 0.893 bits per heavy atom. The molecule has 0 unspecified atom stereocenters. The van der Waals surface area contributed by atoms with Gasteiger partial charge in [0.05, 0.1) is 0 Å². The van der Waals surface area contributed by atoms with Gasteiger partial charge in [-0.2, -0.15) is 0 Å². The van der Waals surface area contributed by atoms with Crippen molar-refractivity contribution in [1.82, 2.24) is 10.6 Å². The summed E-state index contributed by atoms with van der Waals surface area (Å²) in [6.07, 6.45) is 0.308. The number of nitrogens with two attached hydrogens (primary N) is 1. The Hall–Kier alpha value is -2.57. The first kappa shape index (κ1) is 21.7. The van der Waals surface area contributed by atoms with Crippen LogP contribution in [0.4, 0.5) is 0 Å². The van der Waals surface area contributed by atoms with Crippen molar-refractivity contribution in [2.24, 2.45) is 5.73 Å². The maximum absolute atomic E-state index is 12.8. The van der Waals surface area contributed by atoms with E-state index in [1.54, 1.807) is 18.2 Å². The van der Waals surface area contributed by atoms with Crippen molar-refractivity contribution in [2.45, 2.75) is 31.8 Å². The van der Waals surface area contributed by atoms with E-state index in [2.05, 4.69) is 10.6 Å². The predicted octanol–water partition coefficient (Wildman–Crippen LogP) is 2.25. The maximum atomic E-state index is 12.8. The molecule has 0 heterocycles. The maximum Gasteiger partial charge on any atom is 0.243 e. The minimum Gasteiger partial charge on any atom is -0.368 e. The van der Waals surface area contributed by atoms with Crippen molar-refractivity contribution in [2.75, 3.05) is 0 Å². The second-order valence-electron chi connectivity index (χ2n) is 6.31. The lowest BCUT2D eigenvalue weighted by molar-refractivity contribution is -0.130. The second-order valence-corrected chi connectivity index (χ2v) is 7.13. The lowest BCUT2D eigenvalue weighted by Gasteiger charge is -2.22. The largest absolute Gasteiger partial charge is 0.368 e. The van der Waals surface area contributed by atoms with E-state index in [1.807, 2.05) is 30.3 Å². The minimum absolute atomic E-state index is 0.0394. The Kier molecular flexibility index (Phi) is 7.84. The van der Waals surface area contributed by atoms with Crippen LogP contribution in [0.5, 0.6) is 0 Å². The van der Waals surface area contributed by atoms with E-state index in [9.17, 15) is 14.4 Å². The molecule has 6 nitrogen and oxygen atoms in total. The summed E-state index contributed by atoms with van der Waals surface area (Å²) in [7, 11) is 0. The summed E-state index contributed by atoms with van der Waals surface area (Å²) in [5.41, 5.74) is 6.83. The van der Waals surface area contributed by atoms with Gasteiger partial charge in [0.25, 0.3) is 0 Å². The number of carbonyl (C=O) groups is 3. The van der Waals surface area contributed by atoms with E-state index in [1.165, 1.54) is 6.92 Å². The molecule has 0 aliphatic heterocycles. The van der Waals surface area contributed by atoms with Crippen LogP contribution in [-0.4, -0.2) is 29.8 Å². The molecule has 28 heavy (non-hydrogen) atoms. The number of halogens is 2. The molecule has 0 saturated heterocycles. The Bertz CT molecular complexity index is 839. The molecule has 2 rings (SSSR count). The fourth-order valence-electron chi connectivity index (χ4n) is 2.73. The average molecular weight is 422 g/mol. The molecular weight excluding hydrogens is 401 g/mol. The van der Waals surface area contributed by atoms with Crippen molar-refractivity contribution >= 4 is 40.9 Å². The Labute approximate surface area is 173 Å². The molecular formula is C20H21Cl2N3O3. The molecule has 2 aromatic rings. The van der Waals surface area contributed by atoms with Gasteiger partial charge in [-0.25, -0.2) is 0 Å². The van der Waals surface area contributed by atoms with E-state index in [-0.39, 0.29) is 18.7 Å². The molecule has 0 aliphatic carbocycles. The molecule has 8 heteroatoms. The standard InChI is InChI=1S/C20H21Cl2N3O3/c1-12(26)24-18(10-13-6-3-2-4-7-13)20(28)25-17(19(23)27)11-14-15(21)8-5-9-16(14)22/h2-9,17-18H,10-11H2,1H3,(H2,23,27)(H,24,26)(H,25,28)/t17-,18+/m1/s1. The first-order valence-electron chi connectivity index (χ1n) is 8.61. The molecule has 2 atom stereocenters. The summed E-state index contributed by atoms with van der Waals surface area (Å²) in [6, 6.07) is 12.3. The molecule has 0 spiro atoms. The molecule has 0 bridgehead atoms. The van der Waals surface area contributed by atoms with Crippen molar-refractivity contribution in [1.29, 1.82) is 0 Å². The number of carbonyl (C=O) groups excluding carboxylic acids is 3. The van der Waals surface area contributed by atoms with Gasteiger partial charge in [0.15, 0.2) is 0 Å². The number of rotatable bonds is 8. The van der Waals surface area contributed by atoms with Crippen molar-refractivity contribution in [3.63, 3.8) is 0 Å². The van der Waals surface area contributed by atoms with Crippen LogP contribution in [0.3, 0.4) is 0 Å². The number of amides is 3. The molecule has 4 N–H and O–H groups in total. The molecule has 2 aromatic carbocycles. The van der Waals surface area contributed by atoms with Crippen molar-refractivity contribution < 1.29 is 14.4 Å². The molecule has 0 saturated carbocycles. The third-order valence-electron chi connectivity index (χ3n) is 4.11. The van der Waals surface area contributed by atoms with Gasteiger partial charge < -0.3 is 16.4 Å². The van der Waals surface area contributed by atoms with Crippen LogP contribution in [0.2, 0.25) is 10.0 Å². The van der Waals surface area contributed by atoms with E-state index < -0.39 is 23.9 Å². The molecule has 0 aromatic heterocycles. The molecule has 0 fully saturated rings. The smallest absolute Gasteiger partial charge is 0.243 e. The van der Waals surface area contributed by atoms with E-state index in [4.69, 9.17) is 28.9 Å². The van der Waals surface area contributed by atoms with Crippen LogP contribution in [-0.2, 0) is 27.2 Å². The van der Waals surface area contributed by atoms with Crippen molar-refractivity contribution in [3.8, 4) is 0 Å².